The van der Waals surface area contributed by atoms with Crippen LogP contribution in [0.5, 0.6) is 0 Å². The van der Waals surface area contributed by atoms with Crippen LogP contribution in [0.1, 0.15) is 5.56 Å². The third-order valence-corrected chi connectivity index (χ3v) is 4.42. The highest BCUT2D eigenvalue weighted by molar-refractivity contribution is 6.43. The van der Waals surface area contributed by atoms with Crippen molar-refractivity contribution in [2.45, 2.75) is 6.42 Å². The van der Waals surface area contributed by atoms with Crippen LogP contribution in [0.4, 0.5) is 5.69 Å². The molecule has 0 atom stereocenters. The predicted octanol–water partition coefficient (Wildman–Crippen LogP) is 3.44. The van der Waals surface area contributed by atoms with Crippen LogP contribution >= 0.6 is 23.2 Å². The van der Waals surface area contributed by atoms with Gasteiger partial charge in [-0.2, -0.15) is 0 Å². The number of nitrogens with zero attached hydrogens (tertiary/aromatic N) is 1. The zero-order valence-electron chi connectivity index (χ0n) is 13.3. The zero-order valence-corrected chi connectivity index (χ0v) is 14.9. The third-order valence-electron chi connectivity index (χ3n) is 3.60. The van der Waals surface area contributed by atoms with Crippen molar-refractivity contribution in [1.29, 1.82) is 0 Å². The Morgan fingerprint density at radius 1 is 1.04 bits per heavy atom. The lowest BCUT2D eigenvalue weighted by Gasteiger charge is -2.21. The molecule has 0 aliphatic rings. The molecule has 4 nitrogen and oxygen atoms in total. The highest BCUT2D eigenvalue weighted by atomic mass is 35.5. The first-order valence-corrected chi connectivity index (χ1v) is 8.56. The number of carbonyl (C=O) groups excluding carboxylic acids is 1. The number of nitrogens with one attached hydrogen (secondary N) is 1. The molecule has 2 aromatic rings. The standard InChI is InChI=1S/C18H21Cl2N3O/c19-15-7-4-8-16(18(15)20)22-17(24)13-23(12-10-21)11-9-14-5-2-1-3-6-14/h1-8H,9-13,21H2,(H,22,24). The Labute approximate surface area is 152 Å². The average Bonchev–Trinajstić information content (AvgIpc) is 2.58. The first-order valence-electron chi connectivity index (χ1n) is 7.80. The Balaban J connectivity index is 1.91. The first-order chi connectivity index (χ1) is 11.6. The molecule has 0 aliphatic heterocycles. The fourth-order valence-corrected chi connectivity index (χ4v) is 2.73. The van der Waals surface area contributed by atoms with Crippen molar-refractivity contribution in [3.05, 3.63) is 64.1 Å². The van der Waals surface area contributed by atoms with Crippen molar-refractivity contribution in [3.8, 4) is 0 Å². The van der Waals surface area contributed by atoms with Crippen molar-refractivity contribution >= 4 is 34.8 Å². The van der Waals surface area contributed by atoms with Crippen LogP contribution in [-0.4, -0.2) is 37.0 Å². The minimum atomic E-state index is -0.138. The van der Waals surface area contributed by atoms with Crippen molar-refractivity contribution in [2.24, 2.45) is 5.73 Å². The Morgan fingerprint density at radius 3 is 2.50 bits per heavy atom. The minimum Gasteiger partial charge on any atom is -0.329 e. The molecular weight excluding hydrogens is 345 g/mol. The number of amides is 1. The summed E-state index contributed by atoms with van der Waals surface area (Å²) < 4.78 is 0. The molecule has 2 aromatic carbocycles. The van der Waals surface area contributed by atoms with Gasteiger partial charge in [0.15, 0.2) is 0 Å². The van der Waals surface area contributed by atoms with E-state index >= 15 is 0 Å². The van der Waals surface area contributed by atoms with E-state index in [1.54, 1.807) is 18.2 Å². The maximum absolute atomic E-state index is 12.3. The molecule has 0 radical (unpaired) electrons. The largest absolute Gasteiger partial charge is 0.329 e. The van der Waals surface area contributed by atoms with Crippen LogP contribution in [0.2, 0.25) is 10.0 Å². The summed E-state index contributed by atoms with van der Waals surface area (Å²) in [6.07, 6.45) is 0.867. The molecule has 6 heteroatoms. The summed E-state index contributed by atoms with van der Waals surface area (Å²) in [6.45, 7) is 2.17. The third kappa shape index (κ3) is 5.80. The second-order valence-electron chi connectivity index (χ2n) is 5.45. The zero-order chi connectivity index (χ0) is 17.4. The van der Waals surface area contributed by atoms with E-state index < -0.39 is 0 Å². The van der Waals surface area contributed by atoms with Gasteiger partial charge in [-0.15, -0.1) is 0 Å². The van der Waals surface area contributed by atoms with Crippen molar-refractivity contribution < 1.29 is 4.79 Å². The van der Waals surface area contributed by atoms with E-state index in [-0.39, 0.29) is 12.5 Å². The van der Waals surface area contributed by atoms with E-state index in [1.807, 2.05) is 23.1 Å². The van der Waals surface area contributed by atoms with E-state index in [2.05, 4.69) is 17.4 Å². The number of halogens is 2. The Kier molecular flexibility index (Phi) is 7.53. The van der Waals surface area contributed by atoms with Gasteiger partial charge in [0.05, 0.1) is 22.3 Å². The molecule has 0 aromatic heterocycles. The molecule has 2 rings (SSSR count). The molecule has 0 unspecified atom stereocenters. The van der Waals surface area contributed by atoms with Gasteiger partial charge in [-0.05, 0) is 24.1 Å². The quantitative estimate of drug-likeness (QED) is 0.753. The highest BCUT2D eigenvalue weighted by Crippen LogP contribution is 2.29. The van der Waals surface area contributed by atoms with Crippen LogP contribution in [0.15, 0.2) is 48.5 Å². The number of hydrogen-bond donors (Lipinski definition) is 2. The molecule has 0 saturated heterocycles. The van der Waals surface area contributed by atoms with E-state index in [0.29, 0.717) is 28.8 Å². The summed E-state index contributed by atoms with van der Waals surface area (Å²) in [4.78, 5) is 14.3. The van der Waals surface area contributed by atoms with Gasteiger partial charge in [-0.1, -0.05) is 59.6 Å². The lowest BCUT2D eigenvalue weighted by molar-refractivity contribution is -0.117. The highest BCUT2D eigenvalue weighted by Gasteiger charge is 2.12. The summed E-state index contributed by atoms with van der Waals surface area (Å²) in [5.41, 5.74) is 7.41. The molecule has 0 bridgehead atoms. The van der Waals surface area contributed by atoms with Gasteiger partial charge in [0.2, 0.25) is 5.91 Å². The number of hydrogen-bond acceptors (Lipinski definition) is 3. The van der Waals surface area contributed by atoms with Gasteiger partial charge in [0.25, 0.3) is 0 Å². The Hall–Kier alpha value is -1.59. The molecule has 0 fully saturated rings. The van der Waals surface area contributed by atoms with Crippen molar-refractivity contribution in [1.82, 2.24) is 4.90 Å². The minimum absolute atomic E-state index is 0.138. The molecule has 0 aliphatic carbocycles. The van der Waals surface area contributed by atoms with Crippen LogP contribution in [0, 0.1) is 0 Å². The number of anilines is 1. The molecule has 3 N–H and O–H groups in total. The normalized spacial score (nSPS) is 10.8. The fraction of sp³-hybridized carbons (Fsp3) is 0.278. The maximum atomic E-state index is 12.3. The summed E-state index contributed by atoms with van der Waals surface area (Å²) in [5, 5.41) is 3.56. The number of benzene rings is 2. The molecule has 0 heterocycles. The van der Waals surface area contributed by atoms with E-state index in [9.17, 15) is 4.79 Å². The van der Waals surface area contributed by atoms with Crippen LogP contribution in [0.25, 0.3) is 0 Å². The van der Waals surface area contributed by atoms with E-state index in [4.69, 9.17) is 28.9 Å². The molecule has 128 valence electrons. The molecule has 24 heavy (non-hydrogen) atoms. The monoisotopic (exact) mass is 365 g/mol. The molecular formula is C18H21Cl2N3O. The predicted molar refractivity (Wildman–Crippen MR) is 101 cm³/mol. The number of carbonyl (C=O) groups is 1. The lowest BCUT2D eigenvalue weighted by Crippen LogP contribution is -2.38. The molecule has 0 saturated carbocycles. The number of rotatable bonds is 8. The van der Waals surface area contributed by atoms with Gasteiger partial charge in [0, 0.05) is 19.6 Å². The van der Waals surface area contributed by atoms with Crippen molar-refractivity contribution in [2.75, 3.05) is 31.5 Å². The van der Waals surface area contributed by atoms with Crippen molar-refractivity contribution in [3.63, 3.8) is 0 Å². The average molecular weight is 366 g/mol. The van der Waals surface area contributed by atoms with E-state index in [1.165, 1.54) is 5.56 Å². The topological polar surface area (TPSA) is 58.4 Å². The number of nitrogens with two attached hydrogens (primary N) is 1. The fourth-order valence-electron chi connectivity index (χ4n) is 2.38. The smallest absolute Gasteiger partial charge is 0.238 e. The van der Waals surface area contributed by atoms with Gasteiger partial charge in [-0.25, -0.2) is 0 Å². The maximum Gasteiger partial charge on any atom is 0.238 e. The second kappa shape index (κ2) is 9.64. The first kappa shape index (κ1) is 18.7. The SMILES string of the molecule is NCCN(CCc1ccccc1)CC(=O)Nc1cccc(Cl)c1Cl. The van der Waals surface area contributed by atoms with Crippen LogP contribution in [-0.2, 0) is 11.2 Å². The Morgan fingerprint density at radius 2 is 1.79 bits per heavy atom. The van der Waals surface area contributed by atoms with Crippen LogP contribution < -0.4 is 11.1 Å². The van der Waals surface area contributed by atoms with Gasteiger partial charge >= 0.3 is 0 Å². The van der Waals surface area contributed by atoms with Gasteiger partial charge < -0.3 is 11.1 Å². The Bertz CT molecular complexity index is 665. The molecule has 1 amide bonds. The summed E-state index contributed by atoms with van der Waals surface area (Å²) in [7, 11) is 0. The summed E-state index contributed by atoms with van der Waals surface area (Å²) in [6, 6.07) is 15.3. The van der Waals surface area contributed by atoms with Gasteiger partial charge in [0.1, 0.15) is 0 Å². The summed E-state index contributed by atoms with van der Waals surface area (Å²) in [5.74, 6) is -0.138. The van der Waals surface area contributed by atoms with E-state index in [0.717, 1.165) is 13.0 Å². The van der Waals surface area contributed by atoms with Crippen LogP contribution in [0.3, 0.4) is 0 Å². The summed E-state index contributed by atoms with van der Waals surface area (Å²) >= 11 is 12.1. The molecule has 0 spiro atoms. The van der Waals surface area contributed by atoms with Gasteiger partial charge in [-0.3, -0.25) is 9.69 Å². The second-order valence-corrected chi connectivity index (χ2v) is 6.24. The lowest BCUT2D eigenvalue weighted by atomic mass is 10.1.